The number of halogens is 1. The normalized spacial score (nSPS) is 15.8. The Morgan fingerprint density at radius 2 is 1.88 bits per heavy atom. The fourth-order valence-corrected chi connectivity index (χ4v) is 3.39. The van der Waals surface area contributed by atoms with Crippen LogP contribution in [0.4, 0.5) is 9.18 Å². The van der Waals surface area contributed by atoms with Gasteiger partial charge in [-0.05, 0) is 37.3 Å². The molecule has 170 valence electrons. The molecule has 32 heavy (non-hydrogen) atoms. The largest absolute Gasteiger partial charge is 0.497 e. The van der Waals surface area contributed by atoms with Crippen molar-refractivity contribution >= 4 is 12.0 Å². The lowest BCUT2D eigenvalue weighted by Gasteiger charge is -2.35. The molecular weight excluding hydrogens is 419 g/mol. The number of esters is 1. The lowest BCUT2D eigenvalue weighted by atomic mass is 9.93. The highest BCUT2D eigenvalue weighted by Gasteiger charge is 2.38. The topological polar surface area (TPSA) is 86.3 Å². The van der Waals surface area contributed by atoms with Crippen LogP contribution < -0.4 is 19.5 Å². The summed E-state index contributed by atoms with van der Waals surface area (Å²) < 4.78 is 35.7. The van der Waals surface area contributed by atoms with Crippen molar-refractivity contribution in [3.8, 4) is 17.2 Å². The standard InChI is InChI=1S/C23H25FN2O6/c1-5-31-22(27)20-17(13-32-19-9-7-6-8-16(19)24)26(2)23(28)25-21(20)15-12-14(29-3)10-11-18(15)30-4/h6-12,21H,5,13H2,1-4H3,(H,25,28)/t21-/m1/s1. The molecule has 0 unspecified atom stereocenters. The summed E-state index contributed by atoms with van der Waals surface area (Å²) in [7, 11) is 4.49. The first-order valence-corrected chi connectivity index (χ1v) is 9.94. The van der Waals surface area contributed by atoms with E-state index in [9.17, 15) is 14.0 Å². The molecule has 0 spiro atoms. The first kappa shape index (κ1) is 22.9. The second-order valence-corrected chi connectivity index (χ2v) is 6.85. The van der Waals surface area contributed by atoms with Crippen LogP contribution in [0.3, 0.4) is 0 Å². The first-order chi connectivity index (χ1) is 15.4. The Morgan fingerprint density at radius 3 is 2.53 bits per heavy atom. The van der Waals surface area contributed by atoms with E-state index in [0.29, 0.717) is 17.1 Å². The van der Waals surface area contributed by atoms with Crippen LogP contribution in [0.2, 0.25) is 0 Å². The molecule has 0 saturated carbocycles. The van der Waals surface area contributed by atoms with Crippen LogP contribution in [0.25, 0.3) is 0 Å². The van der Waals surface area contributed by atoms with Gasteiger partial charge in [-0.15, -0.1) is 0 Å². The van der Waals surface area contributed by atoms with Gasteiger partial charge in [0.25, 0.3) is 0 Å². The van der Waals surface area contributed by atoms with Crippen LogP contribution in [0.15, 0.2) is 53.7 Å². The van der Waals surface area contributed by atoms with Gasteiger partial charge >= 0.3 is 12.0 Å². The van der Waals surface area contributed by atoms with Crippen LogP contribution in [-0.2, 0) is 9.53 Å². The molecule has 0 bridgehead atoms. The van der Waals surface area contributed by atoms with E-state index in [4.69, 9.17) is 18.9 Å². The molecule has 0 radical (unpaired) electrons. The number of nitrogens with zero attached hydrogens (tertiary/aromatic N) is 1. The number of urea groups is 1. The number of benzene rings is 2. The van der Waals surface area contributed by atoms with E-state index >= 15 is 0 Å². The van der Waals surface area contributed by atoms with Gasteiger partial charge in [0.05, 0.1) is 38.1 Å². The number of carbonyl (C=O) groups is 2. The number of ether oxygens (including phenoxy) is 4. The van der Waals surface area contributed by atoms with Crippen LogP contribution in [0.1, 0.15) is 18.5 Å². The van der Waals surface area contributed by atoms with Gasteiger partial charge in [-0.25, -0.2) is 14.0 Å². The quantitative estimate of drug-likeness (QED) is 0.628. The van der Waals surface area contributed by atoms with E-state index < -0.39 is 23.9 Å². The zero-order chi connectivity index (χ0) is 23.3. The van der Waals surface area contributed by atoms with E-state index in [1.54, 1.807) is 31.2 Å². The van der Waals surface area contributed by atoms with Gasteiger partial charge in [0.2, 0.25) is 0 Å². The predicted molar refractivity (Wildman–Crippen MR) is 114 cm³/mol. The Balaban J connectivity index is 2.12. The van der Waals surface area contributed by atoms with Crippen molar-refractivity contribution < 1.29 is 32.9 Å². The van der Waals surface area contributed by atoms with Crippen LogP contribution in [0, 0.1) is 5.82 Å². The molecule has 1 heterocycles. The number of methoxy groups -OCH3 is 2. The number of likely N-dealkylation sites (N-methyl/N-ethyl adjacent to an activating group) is 1. The molecule has 1 aliphatic rings. The zero-order valence-corrected chi connectivity index (χ0v) is 18.3. The Kier molecular flexibility index (Phi) is 7.19. The summed E-state index contributed by atoms with van der Waals surface area (Å²) in [6.45, 7) is 1.57. The van der Waals surface area contributed by atoms with Crippen LogP contribution >= 0.6 is 0 Å². The number of para-hydroxylation sites is 1. The number of hydrogen-bond acceptors (Lipinski definition) is 6. The molecule has 2 amide bonds. The van der Waals surface area contributed by atoms with Crippen molar-refractivity contribution in [3.05, 3.63) is 65.1 Å². The molecule has 2 aromatic carbocycles. The average Bonchev–Trinajstić information content (AvgIpc) is 2.80. The highest BCUT2D eigenvalue weighted by molar-refractivity contribution is 5.95. The van der Waals surface area contributed by atoms with Gasteiger partial charge in [0.15, 0.2) is 11.6 Å². The molecule has 0 saturated heterocycles. The Labute approximate surface area is 185 Å². The molecule has 0 aromatic heterocycles. The van der Waals surface area contributed by atoms with Gasteiger partial charge in [-0.3, -0.25) is 4.90 Å². The monoisotopic (exact) mass is 444 g/mol. The van der Waals surface area contributed by atoms with Gasteiger partial charge in [-0.2, -0.15) is 0 Å². The second-order valence-electron chi connectivity index (χ2n) is 6.85. The maximum atomic E-state index is 14.1. The first-order valence-electron chi connectivity index (χ1n) is 9.94. The van der Waals surface area contributed by atoms with Crippen LogP contribution in [-0.4, -0.2) is 51.4 Å². The third kappa shape index (κ3) is 4.61. The van der Waals surface area contributed by atoms with E-state index in [1.165, 1.54) is 44.4 Å². The molecule has 9 heteroatoms. The zero-order valence-electron chi connectivity index (χ0n) is 18.3. The highest BCUT2D eigenvalue weighted by Crippen LogP contribution is 2.37. The minimum Gasteiger partial charge on any atom is -0.497 e. The summed E-state index contributed by atoms with van der Waals surface area (Å²) in [6.07, 6.45) is 0. The summed E-state index contributed by atoms with van der Waals surface area (Å²) >= 11 is 0. The molecule has 1 atom stereocenters. The minimum absolute atomic E-state index is 0.00176. The van der Waals surface area contributed by atoms with Gasteiger partial charge in [0.1, 0.15) is 18.1 Å². The lowest BCUT2D eigenvalue weighted by Crippen LogP contribution is -2.48. The third-order valence-electron chi connectivity index (χ3n) is 5.02. The van der Waals surface area contributed by atoms with Crippen molar-refractivity contribution in [2.45, 2.75) is 13.0 Å². The summed E-state index contributed by atoms with van der Waals surface area (Å²) in [5.74, 6) is -0.239. The smallest absolute Gasteiger partial charge is 0.338 e. The van der Waals surface area contributed by atoms with E-state index in [2.05, 4.69) is 5.32 Å². The maximum absolute atomic E-state index is 14.1. The molecule has 0 aliphatic carbocycles. The molecule has 8 nitrogen and oxygen atoms in total. The summed E-state index contributed by atoms with van der Waals surface area (Å²) in [5, 5.41) is 2.80. The van der Waals surface area contributed by atoms with E-state index in [1.807, 2.05) is 0 Å². The molecule has 3 rings (SSSR count). The van der Waals surface area contributed by atoms with Gasteiger partial charge in [0, 0.05) is 12.6 Å². The van der Waals surface area contributed by atoms with Gasteiger partial charge in [-0.1, -0.05) is 12.1 Å². The average molecular weight is 444 g/mol. The number of rotatable bonds is 8. The SMILES string of the molecule is CCOC(=O)C1=C(COc2ccccc2F)N(C)C(=O)N[C@@H]1c1cc(OC)ccc1OC. The van der Waals surface area contributed by atoms with Crippen molar-refractivity contribution in [3.63, 3.8) is 0 Å². The van der Waals surface area contributed by atoms with Crippen molar-refractivity contribution in [1.29, 1.82) is 0 Å². The van der Waals surface area contributed by atoms with E-state index in [0.717, 1.165) is 0 Å². The maximum Gasteiger partial charge on any atom is 0.338 e. The van der Waals surface area contributed by atoms with Crippen molar-refractivity contribution in [2.75, 3.05) is 34.5 Å². The number of nitrogens with one attached hydrogen (secondary N) is 1. The van der Waals surface area contributed by atoms with Crippen molar-refractivity contribution in [2.24, 2.45) is 0 Å². The highest BCUT2D eigenvalue weighted by atomic mass is 19.1. The second kappa shape index (κ2) is 10.0. The number of carbonyl (C=O) groups excluding carboxylic acids is 2. The van der Waals surface area contributed by atoms with Crippen molar-refractivity contribution in [1.82, 2.24) is 10.2 Å². The Bertz CT molecular complexity index is 1040. The fraction of sp³-hybridized carbons (Fsp3) is 0.304. The van der Waals surface area contributed by atoms with Crippen LogP contribution in [0.5, 0.6) is 17.2 Å². The van der Waals surface area contributed by atoms with E-state index in [-0.39, 0.29) is 30.2 Å². The Hall–Kier alpha value is -3.75. The Morgan fingerprint density at radius 1 is 1.12 bits per heavy atom. The molecule has 1 aliphatic heterocycles. The summed E-state index contributed by atoms with van der Waals surface area (Å²) in [4.78, 5) is 27.0. The molecule has 1 N–H and O–H groups in total. The number of hydrogen-bond donors (Lipinski definition) is 1. The number of amides is 2. The third-order valence-corrected chi connectivity index (χ3v) is 5.02. The summed E-state index contributed by atoms with van der Waals surface area (Å²) in [5.41, 5.74) is 0.891. The summed E-state index contributed by atoms with van der Waals surface area (Å²) in [6, 6.07) is 9.57. The molecule has 2 aromatic rings. The van der Waals surface area contributed by atoms with Gasteiger partial charge < -0.3 is 24.3 Å². The predicted octanol–water partition coefficient (Wildman–Crippen LogP) is 3.44. The lowest BCUT2D eigenvalue weighted by molar-refractivity contribution is -0.139. The minimum atomic E-state index is -0.901. The molecule has 0 fully saturated rings. The molecular formula is C23H25FN2O6. The fourth-order valence-electron chi connectivity index (χ4n) is 3.39.